The number of nitrogens with zero attached hydrogens (tertiary/aromatic N) is 1. The lowest BCUT2D eigenvalue weighted by atomic mass is 9.97. The van der Waals surface area contributed by atoms with Gasteiger partial charge in [0.05, 0.1) is 0 Å². The molecule has 3 rings (SSSR count). The van der Waals surface area contributed by atoms with Gasteiger partial charge in [-0.15, -0.1) is 0 Å². The van der Waals surface area contributed by atoms with Crippen molar-refractivity contribution in [2.75, 3.05) is 11.9 Å². The summed E-state index contributed by atoms with van der Waals surface area (Å²) in [6.45, 7) is 8.13. The van der Waals surface area contributed by atoms with Gasteiger partial charge >= 0.3 is 0 Å². The molecule has 33 heavy (non-hydrogen) atoms. The number of benzene rings is 2. The summed E-state index contributed by atoms with van der Waals surface area (Å²) < 4.78 is 5.67. The fourth-order valence-corrected chi connectivity index (χ4v) is 4.21. The van der Waals surface area contributed by atoms with Crippen molar-refractivity contribution >= 4 is 34.8 Å². The normalized spacial score (nSPS) is 17.8. The van der Waals surface area contributed by atoms with Gasteiger partial charge < -0.3 is 15.0 Å². The summed E-state index contributed by atoms with van der Waals surface area (Å²) in [6, 6.07) is 13.1. The van der Waals surface area contributed by atoms with Crippen LogP contribution in [0, 0.1) is 13.8 Å². The Bertz CT molecular complexity index is 999. The van der Waals surface area contributed by atoms with E-state index in [9.17, 15) is 9.59 Å². The standard InChI is InChI=1S/C25H32N4O3S/c1-16-8-9-17(2)22(14-16)26-25(33)28-27-24(31)20-10-12-21(13-11-20)32-15-23(30)29-18(3)6-5-7-19(29)4/h8-14,18-19H,5-7,15H2,1-4H3,(H,27,31)(H2,26,28,33)/t18-,19-/m1/s1. The zero-order valence-corrected chi connectivity index (χ0v) is 20.4. The van der Waals surface area contributed by atoms with E-state index in [2.05, 4.69) is 30.0 Å². The van der Waals surface area contributed by atoms with Gasteiger partial charge in [-0.1, -0.05) is 12.1 Å². The van der Waals surface area contributed by atoms with Crippen LogP contribution in [0.25, 0.3) is 0 Å². The Morgan fingerprint density at radius 1 is 1.03 bits per heavy atom. The molecule has 2 aromatic carbocycles. The van der Waals surface area contributed by atoms with E-state index in [1.54, 1.807) is 24.3 Å². The third kappa shape index (κ3) is 6.68. The van der Waals surface area contributed by atoms with E-state index in [-0.39, 0.29) is 35.6 Å². The van der Waals surface area contributed by atoms with E-state index in [0.717, 1.165) is 36.1 Å². The number of carbonyl (C=O) groups excluding carboxylic acids is 2. The van der Waals surface area contributed by atoms with Crippen molar-refractivity contribution in [3.05, 3.63) is 59.2 Å². The molecular formula is C25H32N4O3S. The van der Waals surface area contributed by atoms with E-state index in [0.29, 0.717) is 11.3 Å². The van der Waals surface area contributed by atoms with Crippen LogP contribution in [0.5, 0.6) is 5.75 Å². The Kier molecular flexibility index (Phi) is 8.27. The van der Waals surface area contributed by atoms with Crippen molar-refractivity contribution in [2.45, 2.75) is 59.0 Å². The first-order valence-corrected chi connectivity index (χ1v) is 11.6. The van der Waals surface area contributed by atoms with E-state index >= 15 is 0 Å². The molecule has 1 aliphatic rings. The second kappa shape index (κ2) is 11.1. The molecule has 1 fully saturated rings. The highest BCUT2D eigenvalue weighted by Gasteiger charge is 2.28. The Morgan fingerprint density at radius 3 is 2.36 bits per heavy atom. The largest absolute Gasteiger partial charge is 0.484 e. The van der Waals surface area contributed by atoms with Gasteiger partial charge in [0.2, 0.25) is 0 Å². The fraction of sp³-hybridized carbons (Fsp3) is 0.400. The Labute approximate surface area is 200 Å². The van der Waals surface area contributed by atoms with Crippen molar-refractivity contribution < 1.29 is 14.3 Å². The van der Waals surface area contributed by atoms with E-state index in [4.69, 9.17) is 17.0 Å². The van der Waals surface area contributed by atoms with E-state index < -0.39 is 0 Å². The van der Waals surface area contributed by atoms with E-state index in [1.165, 1.54) is 0 Å². The average molecular weight is 469 g/mol. The van der Waals surface area contributed by atoms with Crippen LogP contribution in [0.4, 0.5) is 5.69 Å². The third-order valence-corrected chi connectivity index (χ3v) is 6.10. The second-order valence-electron chi connectivity index (χ2n) is 8.59. The first-order chi connectivity index (χ1) is 15.7. The number of hydrogen-bond donors (Lipinski definition) is 3. The van der Waals surface area contributed by atoms with Gasteiger partial charge in [-0.2, -0.15) is 0 Å². The molecule has 1 aliphatic heterocycles. The highest BCUT2D eigenvalue weighted by molar-refractivity contribution is 7.80. The number of nitrogens with one attached hydrogen (secondary N) is 3. The molecule has 0 radical (unpaired) electrons. The summed E-state index contributed by atoms with van der Waals surface area (Å²) in [5.74, 6) is 0.196. The summed E-state index contributed by atoms with van der Waals surface area (Å²) in [6.07, 6.45) is 3.20. The molecule has 1 heterocycles. The maximum Gasteiger partial charge on any atom is 0.269 e. The van der Waals surface area contributed by atoms with Gasteiger partial charge in [0.1, 0.15) is 5.75 Å². The van der Waals surface area contributed by atoms with Crippen molar-refractivity contribution in [1.29, 1.82) is 0 Å². The minimum Gasteiger partial charge on any atom is -0.484 e. The SMILES string of the molecule is Cc1ccc(C)c(NC(=S)NNC(=O)c2ccc(OCC(=O)N3[C@H](C)CCC[C@H]3C)cc2)c1. The lowest BCUT2D eigenvalue weighted by Gasteiger charge is -2.38. The van der Waals surface area contributed by atoms with Gasteiger partial charge in [0.25, 0.3) is 11.8 Å². The predicted molar refractivity (Wildman–Crippen MR) is 134 cm³/mol. The zero-order chi connectivity index (χ0) is 24.0. The molecule has 2 atom stereocenters. The number of anilines is 1. The van der Waals surface area contributed by atoms with Crippen LogP contribution in [0.15, 0.2) is 42.5 Å². The van der Waals surface area contributed by atoms with Crippen molar-refractivity contribution in [1.82, 2.24) is 15.8 Å². The molecule has 7 nitrogen and oxygen atoms in total. The van der Waals surface area contributed by atoms with Crippen LogP contribution in [-0.2, 0) is 4.79 Å². The first kappa shape index (κ1) is 24.5. The number of hydrazine groups is 1. The van der Waals surface area contributed by atoms with Gasteiger partial charge in [-0.3, -0.25) is 20.4 Å². The minimum atomic E-state index is -0.335. The number of hydrogen-bond acceptors (Lipinski definition) is 4. The molecule has 176 valence electrons. The highest BCUT2D eigenvalue weighted by atomic mass is 32.1. The van der Waals surface area contributed by atoms with Gasteiger partial charge in [0, 0.05) is 23.3 Å². The van der Waals surface area contributed by atoms with Crippen LogP contribution in [0.3, 0.4) is 0 Å². The minimum absolute atomic E-state index is 0.00872. The number of carbonyl (C=O) groups is 2. The van der Waals surface area contributed by atoms with Crippen LogP contribution >= 0.6 is 12.2 Å². The number of ether oxygens (including phenoxy) is 1. The molecule has 1 saturated heterocycles. The Morgan fingerprint density at radius 2 is 1.70 bits per heavy atom. The summed E-state index contributed by atoms with van der Waals surface area (Å²) in [4.78, 5) is 26.9. The molecule has 3 N–H and O–H groups in total. The summed E-state index contributed by atoms with van der Waals surface area (Å²) in [7, 11) is 0. The lowest BCUT2D eigenvalue weighted by molar-refractivity contribution is -0.139. The molecular weight excluding hydrogens is 436 g/mol. The van der Waals surface area contributed by atoms with Gasteiger partial charge in [-0.25, -0.2) is 0 Å². The molecule has 2 aromatic rings. The molecule has 0 aliphatic carbocycles. The van der Waals surface area contributed by atoms with Gasteiger partial charge in [0.15, 0.2) is 11.7 Å². The third-order valence-electron chi connectivity index (χ3n) is 5.89. The number of likely N-dealkylation sites (tertiary alicyclic amines) is 1. The number of amides is 2. The van der Waals surface area contributed by atoms with Crippen molar-refractivity contribution in [3.8, 4) is 5.75 Å². The average Bonchev–Trinajstić information content (AvgIpc) is 2.78. The quantitative estimate of drug-likeness (QED) is 0.453. The predicted octanol–water partition coefficient (Wildman–Crippen LogP) is 4.10. The Balaban J connectivity index is 1.47. The van der Waals surface area contributed by atoms with Crippen LogP contribution < -0.4 is 20.9 Å². The maximum absolute atomic E-state index is 12.6. The molecule has 0 saturated carbocycles. The highest BCUT2D eigenvalue weighted by Crippen LogP contribution is 2.23. The summed E-state index contributed by atoms with van der Waals surface area (Å²) in [5, 5.41) is 3.37. The Hall–Kier alpha value is -3.13. The maximum atomic E-state index is 12.6. The number of thiocarbonyl (C=S) groups is 1. The topological polar surface area (TPSA) is 82.7 Å². The van der Waals surface area contributed by atoms with Crippen molar-refractivity contribution in [2.24, 2.45) is 0 Å². The van der Waals surface area contributed by atoms with Crippen molar-refractivity contribution in [3.63, 3.8) is 0 Å². The molecule has 0 bridgehead atoms. The fourth-order valence-electron chi connectivity index (χ4n) is 4.04. The molecule has 2 amide bonds. The second-order valence-corrected chi connectivity index (χ2v) is 9.00. The smallest absolute Gasteiger partial charge is 0.269 e. The van der Waals surface area contributed by atoms with Crippen LogP contribution in [0.2, 0.25) is 0 Å². The first-order valence-electron chi connectivity index (χ1n) is 11.2. The molecule has 8 heteroatoms. The van der Waals surface area contributed by atoms with Crippen LogP contribution in [0.1, 0.15) is 54.6 Å². The number of rotatable bonds is 5. The number of aryl methyl sites for hydroxylation is 2. The van der Waals surface area contributed by atoms with E-state index in [1.807, 2.05) is 36.9 Å². The zero-order valence-electron chi connectivity index (χ0n) is 19.6. The molecule has 0 spiro atoms. The van der Waals surface area contributed by atoms with Gasteiger partial charge in [-0.05, 0) is 101 Å². The lowest BCUT2D eigenvalue weighted by Crippen LogP contribution is -2.49. The van der Waals surface area contributed by atoms with Crippen LogP contribution in [-0.4, -0.2) is 40.5 Å². The monoisotopic (exact) mass is 468 g/mol. The summed E-state index contributed by atoms with van der Waals surface area (Å²) >= 11 is 5.26. The number of piperidine rings is 1. The summed E-state index contributed by atoms with van der Waals surface area (Å²) in [5.41, 5.74) is 8.78. The molecule has 0 aromatic heterocycles. The molecule has 0 unspecified atom stereocenters.